The van der Waals surface area contributed by atoms with Crippen LogP contribution in [0.1, 0.15) is 29.5 Å². The van der Waals surface area contributed by atoms with Crippen LogP contribution in [0.25, 0.3) is 11.1 Å². The van der Waals surface area contributed by atoms with Crippen molar-refractivity contribution in [3.63, 3.8) is 0 Å². The van der Waals surface area contributed by atoms with Crippen molar-refractivity contribution in [2.45, 2.75) is 25.3 Å². The molecule has 8 nitrogen and oxygen atoms in total. The topological polar surface area (TPSA) is 111 Å². The van der Waals surface area contributed by atoms with Crippen LogP contribution in [0, 0.1) is 10.1 Å². The van der Waals surface area contributed by atoms with E-state index in [2.05, 4.69) is 22.8 Å². The Morgan fingerprint density at radius 2 is 1.73 bits per heavy atom. The van der Waals surface area contributed by atoms with Crippen molar-refractivity contribution in [2.75, 3.05) is 18.2 Å². The highest BCUT2D eigenvalue weighted by molar-refractivity contribution is 7.99. The van der Waals surface area contributed by atoms with E-state index in [1.54, 1.807) is 13.0 Å². The van der Waals surface area contributed by atoms with E-state index in [1.165, 1.54) is 23.9 Å². The highest BCUT2D eigenvalue weighted by Gasteiger charge is 2.29. The maximum absolute atomic E-state index is 12.4. The quantitative estimate of drug-likeness (QED) is 0.152. The predicted octanol–water partition coefficient (Wildman–Crippen LogP) is 5.52. The number of hydrogen-bond acceptors (Lipinski definition) is 6. The maximum Gasteiger partial charge on any atom is 0.407 e. The Morgan fingerprint density at radius 3 is 2.35 bits per heavy atom. The summed E-state index contributed by atoms with van der Waals surface area (Å²) in [6.07, 6.45) is -0.0461. The molecule has 0 unspecified atom stereocenters. The standard InChI is InChI=1S/C27H26ClN3O5S/c1-17(26(32)29-16-37-13-12-18-10-11-19(31(34)35)14-25(18)28)30-27(33)36-15-24-22-8-4-2-6-20(22)21-7-3-5-9-23(21)24/h2-11,14,17,24H,12-13,15-16H2,1H3,(H,29,32)(H,30,33)/t17-/m0/s1. The molecule has 0 saturated heterocycles. The number of amides is 2. The zero-order valence-electron chi connectivity index (χ0n) is 20.1. The summed E-state index contributed by atoms with van der Waals surface area (Å²) in [4.78, 5) is 35.1. The van der Waals surface area contributed by atoms with Gasteiger partial charge in [0, 0.05) is 18.1 Å². The molecule has 1 atom stereocenters. The minimum atomic E-state index is -0.764. The van der Waals surface area contributed by atoms with Crippen molar-refractivity contribution in [1.82, 2.24) is 10.6 Å². The van der Waals surface area contributed by atoms with Crippen molar-refractivity contribution >= 4 is 41.1 Å². The van der Waals surface area contributed by atoms with Crippen molar-refractivity contribution in [3.05, 3.63) is 98.6 Å². The zero-order chi connectivity index (χ0) is 26.4. The van der Waals surface area contributed by atoms with Crippen LogP contribution in [0.2, 0.25) is 5.02 Å². The first kappa shape index (κ1) is 26.5. The summed E-state index contributed by atoms with van der Waals surface area (Å²) in [5.74, 6) is 0.629. The third-order valence-electron chi connectivity index (χ3n) is 6.18. The highest BCUT2D eigenvalue weighted by Crippen LogP contribution is 2.44. The molecule has 0 heterocycles. The number of alkyl carbamates (subject to hydrolysis) is 1. The molecule has 3 aromatic rings. The average molecular weight is 540 g/mol. The summed E-state index contributed by atoms with van der Waals surface area (Å²) >= 11 is 7.59. The van der Waals surface area contributed by atoms with Gasteiger partial charge in [-0.2, -0.15) is 0 Å². The molecule has 0 aromatic heterocycles. The minimum Gasteiger partial charge on any atom is -0.449 e. The second-order valence-electron chi connectivity index (χ2n) is 8.57. The van der Waals surface area contributed by atoms with E-state index in [1.807, 2.05) is 36.4 Å². The normalized spacial score (nSPS) is 12.8. The van der Waals surface area contributed by atoms with E-state index >= 15 is 0 Å². The average Bonchev–Trinajstić information content (AvgIpc) is 3.21. The lowest BCUT2D eigenvalue weighted by Crippen LogP contribution is -2.45. The lowest BCUT2D eigenvalue weighted by molar-refractivity contribution is -0.384. The predicted molar refractivity (Wildman–Crippen MR) is 145 cm³/mol. The summed E-state index contributed by atoms with van der Waals surface area (Å²) in [6, 6.07) is 19.8. The second kappa shape index (κ2) is 12.1. The van der Waals surface area contributed by atoms with E-state index in [9.17, 15) is 19.7 Å². The number of nitro groups is 1. The van der Waals surface area contributed by atoms with E-state index in [0.29, 0.717) is 23.1 Å². The maximum atomic E-state index is 12.4. The lowest BCUT2D eigenvalue weighted by atomic mass is 9.98. The van der Waals surface area contributed by atoms with E-state index in [4.69, 9.17) is 16.3 Å². The van der Waals surface area contributed by atoms with E-state index < -0.39 is 17.1 Å². The molecule has 0 spiro atoms. The summed E-state index contributed by atoms with van der Waals surface area (Å²) in [6.45, 7) is 1.77. The first-order valence-electron chi connectivity index (χ1n) is 11.7. The molecule has 0 saturated carbocycles. The van der Waals surface area contributed by atoms with Gasteiger partial charge in [0.25, 0.3) is 5.69 Å². The lowest BCUT2D eigenvalue weighted by Gasteiger charge is -2.17. The summed E-state index contributed by atoms with van der Waals surface area (Å²) in [5, 5.41) is 16.5. The van der Waals surface area contributed by atoms with Gasteiger partial charge in [0.1, 0.15) is 12.6 Å². The number of benzene rings is 3. The van der Waals surface area contributed by atoms with Gasteiger partial charge in [-0.05, 0) is 46.9 Å². The number of carbonyl (C=O) groups excluding carboxylic acids is 2. The second-order valence-corrected chi connectivity index (χ2v) is 10.1. The van der Waals surface area contributed by atoms with Gasteiger partial charge in [0.15, 0.2) is 0 Å². The van der Waals surface area contributed by atoms with Crippen LogP contribution in [0.5, 0.6) is 0 Å². The van der Waals surface area contributed by atoms with Crippen molar-refractivity contribution < 1.29 is 19.2 Å². The van der Waals surface area contributed by atoms with Crippen LogP contribution in [0.3, 0.4) is 0 Å². The van der Waals surface area contributed by atoms with Crippen molar-refractivity contribution in [1.29, 1.82) is 0 Å². The van der Waals surface area contributed by atoms with Crippen molar-refractivity contribution in [3.8, 4) is 11.1 Å². The Labute approximate surface area is 223 Å². The summed E-state index contributed by atoms with van der Waals surface area (Å²) in [5.41, 5.74) is 5.29. The van der Waals surface area contributed by atoms with Crippen LogP contribution < -0.4 is 10.6 Å². The van der Waals surface area contributed by atoms with Crippen LogP contribution in [0.4, 0.5) is 10.5 Å². The number of nitro benzene ring substituents is 1. The number of ether oxygens (including phenoxy) is 1. The molecule has 10 heteroatoms. The Kier molecular flexibility index (Phi) is 8.68. The fraction of sp³-hybridized carbons (Fsp3) is 0.259. The molecule has 0 bridgehead atoms. The number of nitrogens with zero attached hydrogens (tertiary/aromatic N) is 1. The molecule has 192 valence electrons. The fourth-order valence-electron chi connectivity index (χ4n) is 4.26. The Morgan fingerprint density at radius 1 is 1.08 bits per heavy atom. The number of thioether (sulfide) groups is 1. The molecular weight excluding hydrogens is 514 g/mol. The van der Waals surface area contributed by atoms with Gasteiger partial charge in [0.05, 0.1) is 15.8 Å². The molecule has 3 aromatic carbocycles. The molecule has 2 N–H and O–H groups in total. The Bertz CT molecular complexity index is 1270. The third-order valence-corrected chi connectivity index (χ3v) is 7.38. The van der Waals surface area contributed by atoms with Gasteiger partial charge in [-0.1, -0.05) is 66.2 Å². The molecule has 0 aliphatic heterocycles. The fourth-order valence-corrected chi connectivity index (χ4v) is 5.29. The number of nitrogens with one attached hydrogen (secondary N) is 2. The molecule has 0 radical (unpaired) electrons. The molecular formula is C27H26ClN3O5S. The van der Waals surface area contributed by atoms with E-state index in [0.717, 1.165) is 27.8 Å². The van der Waals surface area contributed by atoms with Gasteiger partial charge in [-0.3, -0.25) is 14.9 Å². The number of hydrogen-bond donors (Lipinski definition) is 2. The van der Waals surface area contributed by atoms with Crippen molar-refractivity contribution in [2.24, 2.45) is 0 Å². The van der Waals surface area contributed by atoms with Gasteiger partial charge in [-0.25, -0.2) is 4.79 Å². The SMILES string of the molecule is C[C@H](NC(=O)OCC1c2ccccc2-c2ccccc21)C(=O)NCSCCc1ccc([N+](=O)[O-])cc1Cl. The van der Waals surface area contributed by atoms with Gasteiger partial charge >= 0.3 is 6.09 Å². The first-order chi connectivity index (χ1) is 17.8. The molecule has 1 aliphatic rings. The largest absolute Gasteiger partial charge is 0.449 e. The number of aryl methyl sites for hydroxylation is 1. The molecule has 2 amide bonds. The Hall–Kier alpha value is -3.56. The number of carbonyl (C=O) groups is 2. The van der Waals surface area contributed by atoms with Crippen LogP contribution >= 0.6 is 23.4 Å². The Balaban J connectivity index is 1.18. The number of fused-ring (bicyclic) bond motifs is 3. The summed E-state index contributed by atoms with van der Waals surface area (Å²) < 4.78 is 5.50. The first-order valence-corrected chi connectivity index (χ1v) is 13.3. The number of rotatable bonds is 10. The third kappa shape index (κ3) is 6.42. The summed E-state index contributed by atoms with van der Waals surface area (Å²) in [7, 11) is 0. The van der Waals surface area contributed by atoms with Gasteiger partial charge in [-0.15, -0.1) is 11.8 Å². The number of non-ortho nitro benzene ring substituents is 1. The van der Waals surface area contributed by atoms with Crippen LogP contribution in [0.15, 0.2) is 66.7 Å². The molecule has 4 rings (SSSR count). The van der Waals surface area contributed by atoms with Gasteiger partial charge in [0.2, 0.25) is 5.91 Å². The van der Waals surface area contributed by atoms with Crippen LogP contribution in [-0.4, -0.2) is 41.2 Å². The number of halogens is 1. The molecule has 37 heavy (non-hydrogen) atoms. The molecule has 1 aliphatic carbocycles. The van der Waals surface area contributed by atoms with E-state index in [-0.39, 0.29) is 24.1 Å². The monoisotopic (exact) mass is 539 g/mol. The van der Waals surface area contributed by atoms with Gasteiger partial charge < -0.3 is 15.4 Å². The zero-order valence-corrected chi connectivity index (χ0v) is 21.7. The minimum absolute atomic E-state index is 0.0495. The highest BCUT2D eigenvalue weighted by atomic mass is 35.5. The molecule has 0 fully saturated rings. The smallest absolute Gasteiger partial charge is 0.407 e. The van der Waals surface area contributed by atoms with Crippen LogP contribution in [-0.2, 0) is 16.0 Å².